The number of nitrogens with one attached hydrogen (secondary N) is 1. The Bertz CT molecular complexity index is 949. The monoisotopic (exact) mass is 391 g/mol. The molecule has 1 fully saturated rings. The predicted octanol–water partition coefficient (Wildman–Crippen LogP) is 1.17. The molecule has 1 aliphatic rings. The van der Waals surface area contributed by atoms with Crippen LogP contribution in [0.25, 0.3) is 4.96 Å². The molecule has 0 radical (unpaired) electrons. The first-order valence-corrected chi connectivity index (χ1v) is 9.81. The molecule has 0 aliphatic carbocycles. The van der Waals surface area contributed by atoms with Gasteiger partial charge in [0, 0.05) is 37.2 Å². The lowest BCUT2D eigenvalue weighted by atomic mass is 10.0. The quantitative estimate of drug-likeness (QED) is 0.698. The van der Waals surface area contributed by atoms with Crippen molar-refractivity contribution in [2.45, 2.75) is 25.5 Å². The number of aliphatic hydroxyl groups is 1. The second-order valence-corrected chi connectivity index (χ2v) is 8.10. The summed E-state index contributed by atoms with van der Waals surface area (Å²) >= 11 is 2.59. The number of hydrogen-bond acceptors (Lipinski definition) is 7. The van der Waals surface area contributed by atoms with Crippen LogP contribution < -0.4 is 5.32 Å². The van der Waals surface area contributed by atoms with Crippen molar-refractivity contribution in [2.24, 2.45) is 0 Å². The lowest BCUT2D eigenvalue weighted by molar-refractivity contribution is 0.0374. The number of amides is 2. The minimum absolute atomic E-state index is 0.145. The van der Waals surface area contributed by atoms with Crippen molar-refractivity contribution < 1.29 is 14.7 Å². The molecule has 2 unspecified atom stereocenters. The third-order valence-electron chi connectivity index (χ3n) is 4.39. The van der Waals surface area contributed by atoms with E-state index in [9.17, 15) is 14.7 Å². The maximum atomic E-state index is 13.0. The molecular weight excluding hydrogens is 374 g/mol. The molecule has 0 spiro atoms. The molecule has 2 N–H and O–H groups in total. The van der Waals surface area contributed by atoms with Crippen LogP contribution in [0.3, 0.4) is 0 Å². The van der Waals surface area contributed by atoms with Gasteiger partial charge in [0.1, 0.15) is 9.75 Å². The molecular formula is C16H17N5O3S2. The number of fused-ring (bicyclic) bond motifs is 1. The summed E-state index contributed by atoms with van der Waals surface area (Å²) in [6, 6.07) is -0.304. The molecule has 1 saturated heterocycles. The molecule has 1 aliphatic heterocycles. The second kappa shape index (κ2) is 6.78. The first-order chi connectivity index (χ1) is 12.5. The number of β-amino-alcohol motifs (C(OH)–C–C–N with tert-alkyl or cyclic N) is 1. The molecule has 3 aromatic rings. The summed E-state index contributed by atoms with van der Waals surface area (Å²) in [5.74, 6) is -0.376. The molecule has 0 aromatic carbocycles. The van der Waals surface area contributed by atoms with Gasteiger partial charge in [0.2, 0.25) is 0 Å². The van der Waals surface area contributed by atoms with E-state index in [1.165, 1.54) is 28.9 Å². The van der Waals surface area contributed by atoms with Gasteiger partial charge in [0.25, 0.3) is 11.8 Å². The van der Waals surface area contributed by atoms with Crippen molar-refractivity contribution in [1.82, 2.24) is 24.6 Å². The van der Waals surface area contributed by atoms with Gasteiger partial charge in [0.15, 0.2) is 4.96 Å². The standard InChI is InChI=1S/C16H17N5O3S2/c1-9-13(26-16-18-2-3-21(9)16)15(24)20-6-10(4-11(22)7-20)19-14(23)12-5-17-8-25-12/h2-3,5,8,10-11,22H,4,6-7H2,1H3,(H,19,23). The number of piperidine rings is 1. The Morgan fingerprint density at radius 3 is 2.96 bits per heavy atom. The van der Waals surface area contributed by atoms with Gasteiger partial charge < -0.3 is 15.3 Å². The Labute approximate surface area is 157 Å². The number of likely N-dealkylation sites (tertiary alicyclic amines) is 1. The smallest absolute Gasteiger partial charge is 0.266 e. The van der Waals surface area contributed by atoms with Crippen molar-refractivity contribution >= 4 is 39.4 Å². The van der Waals surface area contributed by atoms with E-state index >= 15 is 0 Å². The van der Waals surface area contributed by atoms with Crippen LogP contribution >= 0.6 is 22.7 Å². The van der Waals surface area contributed by atoms with Gasteiger partial charge in [0.05, 0.1) is 17.8 Å². The topological polar surface area (TPSA) is 99.8 Å². The van der Waals surface area contributed by atoms with E-state index in [1.54, 1.807) is 16.6 Å². The number of carbonyl (C=O) groups is 2. The molecule has 8 nitrogen and oxygen atoms in total. The lowest BCUT2D eigenvalue weighted by Crippen LogP contribution is -2.54. The zero-order valence-electron chi connectivity index (χ0n) is 14.0. The molecule has 3 aromatic heterocycles. The van der Waals surface area contributed by atoms with Gasteiger partial charge in [-0.2, -0.15) is 0 Å². The fourth-order valence-electron chi connectivity index (χ4n) is 3.16. The maximum Gasteiger partial charge on any atom is 0.266 e. The molecule has 136 valence electrons. The zero-order valence-corrected chi connectivity index (χ0v) is 15.6. The predicted molar refractivity (Wildman–Crippen MR) is 97.7 cm³/mol. The highest BCUT2D eigenvalue weighted by Crippen LogP contribution is 2.25. The van der Waals surface area contributed by atoms with E-state index in [4.69, 9.17) is 0 Å². The summed E-state index contributed by atoms with van der Waals surface area (Å²) in [6.07, 6.45) is 4.77. The van der Waals surface area contributed by atoms with Crippen molar-refractivity contribution in [3.05, 3.63) is 39.5 Å². The number of aliphatic hydroxyl groups excluding tert-OH is 1. The van der Waals surface area contributed by atoms with E-state index in [2.05, 4.69) is 15.3 Å². The summed E-state index contributed by atoms with van der Waals surface area (Å²) in [6.45, 7) is 2.49. The zero-order chi connectivity index (χ0) is 18.3. The SMILES string of the molecule is Cc1c(C(=O)N2CC(O)CC(NC(=O)c3cncs3)C2)sc2nccn12. The van der Waals surface area contributed by atoms with Crippen LogP contribution in [-0.2, 0) is 0 Å². The Kier molecular flexibility index (Phi) is 4.47. The molecule has 2 atom stereocenters. The van der Waals surface area contributed by atoms with E-state index < -0.39 is 6.10 Å². The highest BCUT2D eigenvalue weighted by Gasteiger charge is 2.32. The fraction of sp³-hybridized carbons (Fsp3) is 0.375. The van der Waals surface area contributed by atoms with Crippen molar-refractivity contribution in [3.8, 4) is 0 Å². The van der Waals surface area contributed by atoms with Crippen molar-refractivity contribution in [1.29, 1.82) is 0 Å². The molecule has 4 rings (SSSR count). The maximum absolute atomic E-state index is 13.0. The van der Waals surface area contributed by atoms with Crippen LogP contribution in [-0.4, -0.2) is 61.4 Å². The normalized spacial score (nSPS) is 20.5. The third kappa shape index (κ3) is 3.11. The fourth-order valence-corrected chi connectivity index (χ4v) is 4.74. The van der Waals surface area contributed by atoms with Crippen LogP contribution in [0.15, 0.2) is 24.1 Å². The first-order valence-electron chi connectivity index (χ1n) is 8.12. The highest BCUT2D eigenvalue weighted by atomic mass is 32.1. The summed E-state index contributed by atoms with van der Waals surface area (Å²) in [4.78, 5) is 36.8. The van der Waals surface area contributed by atoms with Gasteiger partial charge in [-0.3, -0.25) is 19.0 Å². The van der Waals surface area contributed by atoms with E-state index in [0.717, 1.165) is 10.7 Å². The summed E-state index contributed by atoms with van der Waals surface area (Å²) in [5.41, 5.74) is 2.42. The Morgan fingerprint density at radius 1 is 1.38 bits per heavy atom. The van der Waals surface area contributed by atoms with E-state index in [-0.39, 0.29) is 24.4 Å². The second-order valence-electron chi connectivity index (χ2n) is 6.23. The minimum atomic E-state index is -0.677. The van der Waals surface area contributed by atoms with Crippen LogP contribution in [0.2, 0.25) is 0 Å². The Balaban J connectivity index is 1.50. The minimum Gasteiger partial charge on any atom is -0.391 e. The number of hydrogen-bond donors (Lipinski definition) is 2. The van der Waals surface area contributed by atoms with Crippen LogP contribution in [0.1, 0.15) is 31.5 Å². The first kappa shape index (κ1) is 17.1. The van der Waals surface area contributed by atoms with Gasteiger partial charge >= 0.3 is 0 Å². The van der Waals surface area contributed by atoms with E-state index in [1.807, 2.05) is 17.5 Å². The molecule has 0 bridgehead atoms. The Morgan fingerprint density at radius 2 is 2.23 bits per heavy atom. The average Bonchev–Trinajstić information content (AvgIpc) is 3.33. The number of carbonyl (C=O) groups excluding carboxylic acids is 2. The number of thiazole rings is 2. The molecule has 10 heteroatoms. The largest absolute Gasteiger partial charge is 0.391 e. The number of imidazole rings is 1. The van der Waals surface area contributed by atoms with Crippen LogP contribution in [0.5, 0.6) is 0 Å². The average molecular weight is 391 g/mol. The van der Waals surface area contributed by atoms with Crippen LogP contribution in [0.4, 0.5) is 0 Å². The summed E-state index contributed by atoms with van der Waals surface area (Å²) < 4.78 is 1.88. The number of rotatable bonds is 3. The highest BCUT2D eigenvalue weighted by molar-refractivity contribution is 7.19. The van der Waals surface area contributed by atoms with Gasteiger partial charge in [-0.1, -0.05) is 11.3 Å². The summed E-state index contributed by atoms with van der Waals surface area (Å²) in [7, 11) is 0. The van der Waals surface area contributed by atoms with E-state index in [0.29, 0.717) is 22.7 Å². The Hall–Kier alpha value is -2.30. The van der Waals surface area contributed by atoms with Gasteiger partial charge in [-0.05, 0) is 13.3 Å². The van der Waals surface area contributed by atoms with Gasteiger partial charge in [-0.25, -0.2) is 4.98 Å². The lowest BCUT2D eigenvalue weighted by Gasteiger charge is -2.35. The number of aryl methyl sites for hydroxylation is 1. The number of aromatic nitrogens is 3. The van der Waals surface area contributed by atoms with Crippen molar-refractivity contribution in [3.63, 3.8) is 0 Å². The molecule has 0 saturated carbocycles. The van der Waals surface area contributed by atoms with Gasteiger partial charge in [-0.15, -0.1) is 11.3 Å². The molecule has 26 heavy (non-hydrogen) atoms. The number of nitrogens with zero attached hydrogens (tertiary/aromatic N) is 4. The molecule has 4 heterocycles. The van der Waals surface area contributed by atoms with Crippen LogP contribution in [0, 0.1) is 6.92 Å². The summed E-state index contributed by atoms with van der Waals surface area (Å²) in [5, 5.41) is 13.1. The molecule has 2 amide bonds. The third-order valence-corrected chi connectivity index (χ3v) is 6.32. The van der Waals surface area contributed by atoms with Crippen molar-refractivity contribution in [2.75, 3.05) is 13.1 Å².